The summed E-state index contributed by atoms with van der Waals surface area (Å²) in [5.41, 5.74) is 1.16. The van der Waals surface area contributed by atoms with E-state index in [4.69, 9.17) is 18.9 Å². The van der Waals surface area contributed by atoms with Crippen molar-refractivity contribution < 1.29 is 33.3 Å². The summed E-state index contributed by atoms with van der Waals surface area (Å²) in [6.45, 7) is 5.19. The minimum absolute atomic E-state index is 0.226. The van der Waals surface area contributed by atoms with Crippen LogP contribution >= 0.6 is 11.8 Å². The first-order chi connectivity index (χ1) is 16.5. The molecule has 0 saturated carbocycles. The molecule has 2 aromatic rings. The lowest BCUT2D eigenvalue weighted by atomic mass is 10.2. The van der Waals surface area contributed by atoms with Gasteiger partial charge >= 0.3 is 0 Å². The molecule has 0 unspecified atom stereocenters. The minimum Gasteiger partial charge on any atom is -0.490 e. The fourth-order valence-corrected chi connectivity index (χ4v) is 4.25. The van der Waals surface area contributed by atoms with E-state index in [9.17, 15) is 14.4 Å². The molecular weight excluding hydrogens is 460 g/mol. The summed E-state index contributed by atoms with van der Waals surface area (Å²) in [7, 11) is 0. The zero-order valence-electron chi connectivity index (χ0n) is 18.8. The third-order valence-electron chi connectivity index (χ3n) is 4.87. The molecule has 2 aliphatic rings. The second-order valence-corrected chi connectivity index (χ2v) is 8.24. The predicted octanol–water partition coefficient (Wildman–Crippen LogP) is 3.93. The highest BCUT2D eigenvalue weighted by Gasteiger charge is 2.36. The summed E-state index contributed by atoms with van der Waals surface area (Å²) in [5.74, 6) is 1.25. The first-order valence-electron chi connectivity index (χ1n) is 10.8. The zero-order chi connectivity index (χ0) is 24.1. The van der Waals surface area contributed by atoms with Gasteiger partial charge in [-0.2, -0.15) is 0 Å². The lowest BCUT2D eigenvalue weighted by Crippen LogP contribution is -2.36. The fraction of sp³-hybridized carbons (Fsp3) is 0.292. The van der Waals surface area contributed by atoms with Gasteiger partial charge in [-0.3, -0.25) is 19.3 Å². The standard InChI is InChI=1S/C24H24N2O7S/c1-3-30-17-7-5-15(11-19(17)31-4-2)12-21-23(28)26(24(29)34-21)14-22(27)25-16-6-8-18-20(13-16)33-10-9-32-18/h5-8,11-13H,3-4,9-10,14H2,1-2H3,(H,25,27)/b21-12+. The number of benzene rings is 2. The summed E-state index contributed by atoms with van der Waals surface area (Å²) >= 11 is 0.787. The van der Waals surface area contributed by atoms with Gasteiger partial charge in [0.1, 0.15) is 19.8 Å². The maximum absolute atomic E-state index is 12.8. The Hall–Kier alpha value is -3.66. The lowest BCUT2D eigenvalue weighted by Gasteiger charge is -2.19. The van der Waals surface area contributed by atoms with E-state index in [-0.39, 0.29) is 4.91 Å². The van der Waals surface area contributed by atoms with Crippen LogP contribution in [0.3, 0.4) is 0 Å². The van der Waals surface area contributed by atoms with Gasteiger partial charge in [0.05, 0.1) is 18.1 Å². The molecular formula is C24H24N2O7S. The van der Waals surface area contributed by atoms with Gasteiger partial charge in [0.15, 0.2) is 23.0 Å². The van der Waals surface area contributed by atoms with Gasteiger partial charge in [-0.25, -0.2) is 0 Å². The first-order valence-corrected chi connectivity index (χ1v) is 11.6. The number of ether oxygens (including phenoxy) is 4. The van der Waals surface area contributed by atoms with Crippen LogP contribution in [0.25, 0.3) is 6.08 Å². The third kappa shape index (κ3) is 5.28. The van der Waals surface area contributed by atoms with Crippen LogP contribution in [0.15, 0.2) is 41.3 Å². The second-order valence-electron chi connectivity index (χ2n) is 7.25. The SMILES string of the molecule is CCOc1ccc(/C=C2/SC(=O)N(CC(=O)Nc3ccc4c(c3)OCCO4)C2=O)cc1OCC. The average Bonchev–Trinajstić information content (AvgIpc) is 3.08. The summed E-state index contributed by atoms with van der Waals surface area (Å²) < 4.78 is 22.1. The Bertz CT molecular complexity index is 1150. The van der Waals surface area contributed by atoms with E-state index in [1.54, 1.807) is 42.5 Å². The quantitative estimate of drug-likeness (QED) is 0.562. The van der Waals surface area contributed by atoms with Crippen molar-refractivity contribution >= 4 is 40.6 Å². The van der Waals surface area contributed by atoms with Crippen LogP contribution < -0.4 is 24.3 Å². The van der Waals surface area contributed by atoms with Crippen molar-refractivity contribution in [1.29, 1.82) is 0 Å². The molecule has 2 aliphatic heterocycles. The van der Waals surface area contributed by atoms with Gasteiger partial charge in [-0.05, 0) is 61.5 Å². The van der Waals surface area contributed by atoms with Crippen LogP contribution in [0.1, 0.15) is 19.4 Å². The molecule has 0 atom stereocenters. The van der Waals surface area contributed by atoms with Gasteiger partial charge in [0.25, 0.3) is 11.1 Å². The van der Waals surface area contributed by atoms with E-state index in [0.29, 0.717) is 60.7 Å². The van der Waals surface area contributed by atoms with Crippen LogP contribution in [0.5, 0.6) is 23.0 Å². The molecule has 0 spiro atoms. The van der Waals surface area contributed by atoms with Crippen LogP contribution in [-0.4, -0.2) is 54.9 Å². The predicted molar refractivity (Wildman–Crippen MR) is 128 cm³/mol. The van der Waals surface area contributed by atoms with Gasteiger partial charge in [0, 0.05) is 11.8 Å². The monoisotopic (exact) mass is 484 g/mol. The molecule has 2 heterocycles. The Balaban J connectivity index is 1.44. The normalized spacial score (nSPS) is 16.1. The maximum atomic E-state index is 12.8. The van der Waals surface area contributed by atoms with Gasteiger partial charge in [-0.1, -0.05) is 6.07 Å². The van der Waals surface area contributed by atoms with Crippen molar-refractivity contribution in [2.24, 2.45) is 0 Å². The summed E-state index contributed by atoms with van der Waals surface area (Å²) in [6.07, 6.45) is 1.60. The molecule has 0 aliphatic carbocycles. The van der Waals surface area contributed by atoms with Crippen molar-refractivity contribution in [1.82, 2.24) is 4.90 Å². The minimum atomic E-state index is -0.529. The molecule has 1 saturated heterocycles. The number of carbonyl (C=O) groups excluding carboxylic acids is 3. The smallest absolute Gasteiger partial charge is 0.294 e. The number of rotatable bonds is 8. The van der Waals surface area contributed by atoms with Crippen molar-refractivity contribution in [2.45, 2.75) is 13.8 Å². The van der Waals surface area contributed by atoms with E-state index in [1.165, 1.54) is 0 Å². The van der Waals surface area contributed by atoms with Crippen LogP contribution in [0.4, 0.5) is 10.5 Å². The molecule has 4 rings (SSSR count). The third-order valence-corrected chi connectivity index (χ3v) is 5.77. The van der Waals surface area contributed by atoms with E-state index < -0.39 is 23.6 Å². The highest BCUT2D eigenvalue weighted by atomic mass is 32.2. The summed E-state index contributed by atoms with van der Waals surface area (Å²) in [6, 6.07) is 10.3. The number of carbonyl (C=O) groups is 3. The molecule has 2 aromatic carbocycles. The number of hydrogen-bond donors (Lipinski definition) is 1. The molecule has 0 radical (unpaired) electrons. The Morgan fingerprint density at radius 2 is 1.76 bits per heavy atom. The van der Waals surface area contributed by atoms with Crippen molar-refractivity contribution in [3.63, 3.8) is 0 Å². The number of anilines is 1. The zero-order valence-corrected chi connectivity index (χ0v) is 19.6. The van der Waals surface area contributed by atoms with E-state index >= 15 is 0 Å². The van der Waals surface area contributed by atoms with Crippen molar-refractivity contribution in [2.75, 3.05) is 38.3 Å². The van der Waals surface area contributed by atoms with Crippen molar-refractivity contribution in [3.8, 4) is 23.0 Å². The lowest BCUT2D eigenvalue weighted by molar-refractivity contribution is -0.127. The maximum Gasteiger partial charge on any atom is 0.294 e. The highest BCUT2D eigenvalue weighted by Crippen LogP contribution is 2.35. The number of nitrogens with one attached hydrogen (secondary N) is 1. The molecule has 0 bridgehead atoms. The van der Waals surface area contributed by atoms with E-state index in [2.05, 4.69) is 5.32 Å². The molecule has 178 valence electrons. The number of thioether (sulfide) groups is 1. The summed E-state index contributed by atoms with van der Waals surface area (Å²) in [5, 5.41) is 2.17. The topological polar surface area (TPSA) is 103 Å². The van der Waals surface area contributed by atoms with E-state index in [0.717, 1.165) is 16.7 Å². The summed E-state index contributed by atoms with van der Waals surface area (Å²) in [4.78, 5) is 38.9. The van der Waals surface area contributed by atoms with Crippen molar-refractivity contribution in [3.05, 3.63) is 46.9 Å². The van der Waals surface area contributed by atoms with Gasteiger partial charge < -0.3 is 24.3 Å². The van der Waals surface area contributed by atoms with Gasteiger partial charge in [0.2, 0.25) is 5.91 Å². The largest absolute Gasteiger partial charge is 0.490 e. The Morgan fingerprint density at radius 3 is 2.53 bits per heavy atom. The second kappa shape index (κ2) is 10.5. The van der Waals surface area contributed by atoms with Crippen LogP contribution in [0, 0.1) is 0 Å². The van der Waals surface area contributed by atoms with Gasteiger partial charge in [-0.15, -0.1) is 0 Å². The molecule has 9 nitrogen and oxygen atoms in total. The van der Waals surface area contributed by atoms with E-state index in [1.807, 2.05) is 13.8 Å². The molecule has 0 aromatic heterocycles. The molecule has 1 fully saturated rings. The first kappa shape index (κ1) is 23.5. The van der Waals surface area contributed by atoms with Crippen LogP contribution in [0.2, 0.25) is 0 Å². The number of amides is 3. The fourth-order valence-electron chi connectivity index (χ4n) is 3.41. The highest BCUT2D eigenvalue weighted by molar-refractivity contribution is 8.18. The van der Waals surface area contributed by atoms with Crippen LogP contribution in [-0.2, 0) is 9.59 Å². The number of imide groups is 1. The number of nitrogens with zero attached hydrogens (tertiary/aromatic N) is 1. The molecule has 3 amide bonds. The number of fused-ring (bicyclic) bond motifs is 1. The Morgan fingerprint density at radius 1 is 1.03 bits per heavy atom. The Labute approximate surface area is 201 Å². The molecule has 34 heavy (non-hydrogen) atoms. The molecule has 10 heteroatoms. The number of hydrogen-bond acceptors (Lipinski definition) is 8. The Kier molecular flexibility index (Phi) is 7.27. The molecule has 1 N–H and O–H groups in total. The average molecular weight is 485 g/mol.